The number of benzene rings is 1. The summed E-state index contributed by atoms with van der Waals surface area (Å²) < 4.78 is 1.68. The van der Waals surface area contributed by atoms with Gasteiger partial charge in [0.2, 0.25) is 0 Å². The third-order valence-corrected chi connectivity index (χ3v) is 4.40. The van der Waals surface area contributed by atoms with Crippen LogP contribution in [0.25, 0.3) is 5.69 Å². The summed E-state index contributed by atoms with van der Waals surface area (Å²) in [6.07, 6.45) is 9.60. The number of carbonyl (C=O) groups excluding carboxylic acids is 1. The van der Waals surface area contributed by atoms with Gasteiger partial charge in [-0.15, -0.1) is 0 Å². The second-order valence-corrected chi connectivity index (χ2v) is 6.08. The summed E-state index contributed by atoms with van der Waals surface area (Å²) in [4.78, 5) is 18.3. The Morgan fingerprint density at radius 3 is 2.59 bits per heavy atom. The molecule has 1 saturated carbocycles. The lowest BCUT2D eigenvalue weighted by molar-refractivity contribution is 0.0760. The standard InChI is InChI=1S/C17H22N4O/c1-20(11-14-5-3-2-4-6-14)17(22)15-7-9-16(10-8-15)21-13-18-12-19-21/h7-10,12-14H,2-6,11H2,1H3. The van der Waals surface area contributed by atoms with Crippen LogP contribution in [0.3, 0.4) is 0 Å². The highest BCUT2D eigenvalue weighted by molar-refractivity contribution is 5.94. The molecule has 1 fully saturated rings. The highest BCUT2D eigenvalue weighted by atomic mass is 16.2. The quantitative estimate of drug-likeness (QED) is 0.872. The van der Waals surface area contributed by atoms with E-state index in [9.17, 15) is 4.79 Å². The van der Waals surface area contributed by atoms with Crippen LogP contribution in [0.4, 0.5) is 0 Å². The molecule has 1 aromatic carbocycles. The highest BCUT2D eigenvalue weighted by Crippen LogP contribution is 2.24. The van der Waals surface area contributed by atoms with Crippen LogP contribution in [0.2, 0.25) is 0 Å². The Kier molecular flexibility index (Phi) is 4.51. The first kappa shape index (κ1) is 14.8. The van der Waals surface area contributed by atoms with E-state index in [0.29, 0.717) is 5.92 Å². The molecule has 1 aliphatic rings. The van der Waals surface area contributed by atoms with Gasteiger partial charge in [-0.25, -0.2) is 9.67 Å². The number of hydrogen-bond donors (Lipinski definition) is 0. The first-order valence-corrected chi connectivity index (χ1v) is 7.94. The van der Waals surface area contributed by atoms with Crippen molar-refractivity contribution in [2.24, 2.45) is 5.92 Å². The molecule has 3 rings (SSSR count). The molecule has 22 heavy (non-hydrogen) atoms. The van der Waals surface area contributed by atoms with Crippen molar-refractivity contribution in [1.82, 2.24) is 19.7 Å². The van der Waals surface area contributed by atoms with Crippen molar-refractivity contribution in [3.8, 4) is 5.69 Å². The van der Waals surface area contributed by atoms with E-state index in [-0.39, 0.29) is 5.91 Å². The minimum Gasteiger partial charge on any atom is -0.341 e. The Balaban J connectivity index is 1.63. The zero-order chi connectivity index (χ0) is 15.4. The van der Waals surface area contributed by atoms with Crippen molar-refractivity contribution in [1.29, 1.82) is 0 Å². The molecule has 116 valence electrons. The molecule has 1 heterocycles. The van der Waals surface area contributed by atoms with Gasteiger partial charge in [0.1, 0.15) is 12.7 Å². The molecule has 0 N–H and O–H groups in total. The fourth-order valence-electron chi connectivity index (χ4n) is 3.16. The van der Waals surface area contributed by atoms with Crippen LogP contribution in [0.1, 0.15) is 42.5 Å². The second kappa shape index (κ2) is 6.73. The van der Waals surface area contributed by atoms with Crippen LogP contribution in [-0.4, -0.2) is 39.2 Å². The third kappa shape index (κ3) is 3.35. The maximum Gasteiger partial charge on any atom is 0.253 e. The predicted octanol–water partition coefficient (Wildman–Crippen LogP) is 2.92. The third-order valence-electron chi connectivity index (χ3n) is 4.40. The van der Waals surface area contributed by atoms with E-state index >= 15 is 0 Å². The van der Waals surface area contributed by atoms with Gasteiger partial charge < -0.3 is 4.90 Å². The maximum absolute atomic E-state index is 12.5. The molecule has 1 aliphatic carbocycles. The predicted molar refractivity (Wildman–Crippen MR) is 84.9 cm³/mol. The maximum atomic E-state index is 12.5. The van der Waals surface area contributed by atoms with Crippen molar-refractivity contribution in [3.63, 3.8) is 0 Å². The van der Waals surface area contributed by atoms with Crippen LogP contribution >= 0.6 is 0 Å². The molecule has 0 spiro atoms. The Hall–Kier alpha value is -2.17. The first-order chi connectivity index (χ1) is 10.7. The van der Waals surface area contributed by atoms with Gasteiger partial charge in [-0.05, 0) is 43.0 Å². The van der Waals surface area contributed by atoms with Crippen LogP contribution in [0.15, 0.2) is 36.9 Å². The molecule has 5 heteroatoms. The Bertz CT molecular complexity index is 600. The lowest BCUT2D eigenvalue weighted by Crippen LogP contribution is -2.32. The lowest BCUT2D eigenvalue weighted by atomic mass is 9.89. The molecule has 1 amide bonds. The van der Waals surface area contributed by atoms with Gasteiger partial charge in [-0.1, -0.05) is 19.3 Å². The fourth-order valence-corrected chi connectivity index (χ4v) is 3.16. The van der Waals surface area contributed by atoms with E-state index in [4.69, 9.17) is 0 Å². The summed E-state index contributed by atoms with van der Waals surface area (Å²) in [6.45, 7) is 0.865. The van der Waals surface area contributed by atoms with Gasteiger partial charge in [-0.2, -0.15) is 5.10 Å². The molecule has 1 aromatic heterocycles. The second-order valence-electron chi connectivity index (χ2n) is 6.08. The molecule has 0 atom stereocenters. The topological polar surface area (TPSA) is 51.0 Å². The average Bonchev–Trinajstić information content (AvgIpc) is 3.10. The molecular formula is C17H22N4O. The molecule has 0 saturated heterocycles. The zero-order valence-electron chi connectivity index (χ0n) is 13.0. The Morgan fingerprint density at radius 1 is 1.23 bits per heavy atom. The van der Waals surface area contributed by atoms with Crippen molar-refractivity contribution in [2.75, 3.05) is 13.6 Å². The lowest BCUT2D eigenvalue weighted by Gasteiger charge is -2.27. The minimum atomic E-state index is 0.0933. The molecule has 0 aliphatic heterocycles. The van der Waals surface area contributed by atoms with E-state index in [1.165, 1.54) is 38.4 Å². The van der Waals surface area contributed by atoms with E-state index in [1.54, 1.807) is 11.0 Å². The summed E-state index contributed by atoms with van der Waals surface area (Å²) >= 11 is 0. The van der Waals surface area contributed by atoms with E-state index in [2.05, 4.69) is 10.1 Å². The van der Waals surface area contributed by atoms with E-state index < -0.39 is 0 Å². The smallest absolute Gasteiger partial charge is 0.253 e. The number of hydrogen-bond acceptors (Lipinski definition) is 3. The van der Waals surface area contributed by atoms with Crippen LogP contribution in [0, 0.1) is 5.92 Å². The van der Waals surface area contributed by atoms with Gasteiger partial charge in [-0.3, -0.25) is 4.79 Å². The van der Waals surface area contributed by atoms with E-state index in [1.807, 2.05) is 36.2 Å². The molecule has 5 nitrogen and oxygen atoms in total. The first-order valence-electron chi connectivity index (χ1n) is 7.94. The average molecular weight is 298 g/mol. The van der Waals surface area contributed by atoms with Gasteiger partial charge in [0.05, 0.1) is 5.69 Å². The summed E-state index contributed by atoms with van der Waals surface area (Å²) in [7, 11) is 1.91. The highest BCUT2D eigenvalue weighted by Gasteiger charge is 2.19. The summed E-state index contributed by atoms with van der Waals surface area (Å²) in [5.41, 5.74) is 1.63. The molecule has 2 aromatic rings. The number of carbonyl (C=O) groups is 1. The normalized spacial score (nSPS) is 15.7. The summed E-state index contributed by atoms with van der Waals surface area (Å²) in [5, 5.41) is 4.08. The summed E-state index contributed by atoms with van der Waals surface area (Å²) in [6, 6.07) is 7.51. The number of amides is 1. The van der Waals surface area contributed by atoms with Crippen molar-refractivity contribution in [3.05, 3.63) is 42.5 Å². The van der Waals surface area contributed by atoms with Crippen molar-refractivity contribution < 1.29 is 4.79 Å². The number of aromatic nitrogens is 3. The largest absolute Gasteiger partial charge is 0.341 e. The van der Waals surface area contributed by atoms with E-state index in [0.717, 1.165) is 17.8 Å². The molecule has 0 bridgehead atoms. The number of nitrogens with zero attached hydrogens (tertiary/aromatic N) is 4. The van der Waals surface area contributed by atoms with Gasteiger partial charge in [0.25, 0.3) is 5.91 Å². The molecular weight excluding hydrogens is 276 g/mol. The van der Waals surface area contributed by atoms with Gasteiger partial charge in [0, 0.05) is 19.2 Å². The Labute approximate surface area is 131 Å². The summed E-state index contributed by atoms with van der Waals surface area (Å²) in [5.74, 6) is 0.757. The van der Waals surface area contributed by atoms with Crippen molar-refractivity contribution >= 4 is 5.91 Å². The van der Waals surface area contributed by atoms with Gasteiger partial charge >= 0.3 is 0 Å². The Morgan fingerprint density at radius 2 is 1.95 bits per heavy atom. The number of rotatable bonds is 4. The fraction of sp³-hybridized carbons (Fsp3) is 0.471. The SMILES string of the molecule is CN(CC1CCCCC1)C(=O)c1ccc(-n2cncn2)cc1. The van der Waals surface area contributed by atoms with Crippen LogP contribution in [-0.2, 0) is 0 Å². The monoisotopic (exact) mass is 298 g/mol. The minimum absolute atomic E-state index is 0.0933. The molecule has 0 radical (unpaired) electrons. The van der Waals surface area contributed by atoms with Crippen LogP contribution < -0.4 is 0 Å². The molecule has 0 unspecified atom stereocenters. The van der Waals surface area contributed by atoms with Crippen molar-refractivity contribution in [2.45, 2.75) is 32.1 Å². The van der Waals surface area contributed by atoms with Crippen LogP contribution in [0.5, 0.6) is 0 Å². The van der Waals surface area contributed by atoms with Gasteiger partial charge in [0.15, 0.2) is 0 Å². The zero-order valence-corrected chi connectivity index (χ0v) is 13.0.